The first-order chi connectivity index (χ1) is 9.15. The second kappa shape index (κ2) is 5.73. The topological polar surface area (TPSA) is 102 Å². The van der Waals surface area contributed by atoms with Gasteiger partial charge in [0.25, 0.3) is 0 Å². The molecule has 1 aromatic heterocycles. The molecule has 0 saturated heterocycles. The maximum absolute atomic E-state index is 5.83. The summed E-state index contributed by atoms with van der Waals surface area (Å²) in [4.78, 5) is 0. The van der Waals surface area contributed by atoms with E-state index in [0.717, 1.165) is 16.9 Å². The van der Waals surface area contributed by atoms with E-state index < -0.39 is 0 Å². The van der Waals surface area contributed by atoms with E-state index >= 15 is 0 Å². The molecule has 1 atom stereocenters. The van der Waals surface area contributed by atoms with Gasteiger partial charge in [0.1, 0.15) is 11.6 Å². The van der Waals surface area contributed by atoms with Crippen molar-refractivity contribution in [2.24, 2.45) is 5.84 Å². The molecule has 0 saturated carbocycles. The lowest BCUT2D eigenvalue weighted by atomic mass is 9.99. The van der Waals surface area contributed by atoms with Crippen LogP contribution in [-0.4, -0.2) is 17.3 Å². The minimum Gasteiger partial charge on any atom is -0.496 e. The van der Waals surface area contributed by atoms with Crippen LogP contribution >= 0.6 is 0 Å². The van der Waals surface area contributed by atoms with Crippen molar-refractivity contribution in [1.29, 1.82) is 0 Å². The first kappa shape index (κ1) is 13.4. The van der Waals surface area contributed by atoms with Gasteiger partial charge < -0.3 is 10.5 Å². The predicted molar refractivity (Wildman–Crippen MR) is 74.5 cm³/mol. The Morgan fingerprint density at radius 3 is 2.84 bits per heavy atom. The van der Waals surface area contributed by atoms with E-state index in [4.69, 9.17) is 16.3 Å². The molecule has 1 unspecified atom stereocenters. The van der Waals surface area contributed by atoms with Gasteiger partial charge in [-0.05, 0) is 25.0 Å². The summed E-state index contributed by atoms with van der Waals surface area (Å²) in [7, 11) is 1.66. The van der Waals surface area contributed by atoms with Gasteiger partial charge in [0, 0.05) is 5.56 Å². The van der Waals surface area contributed by atoms with Crippen LogP contribution < -0.4 is 21.7 Å². The summed E-state index contributed by atoms with van der Waals surface area (Å²) < 4.78 is 5.37. The Morgan fingerprint density at radius 2 is 2.26 bits per heavy atom. The maximum atomic E-state index is 5.83. The molecule has 0 bridgehead atoms. The minimum absolute atomic E-state index is 0.116. The summed E-state index contributed by atoms with van der Waals surface area (Å²) in [5.41, 5.74) is 11.7. The van der Waals surface area contributed by atoms with Crippen LogP contribution in [0.4, 0.5) is 5.82 Å². The third-order valence-corrected chi connectivity index (χ3v) is 3.14. The molecule has 0 aliphatic rings. The number of rotatable bonds is 5. The predicted octanol–water partition coefficient (Wildman–Crippen LogP) is 1.06. The Bertz CT molecular complexity index is 552. The molecule has 1 aromatic carbocycles. The summed E-state index contributed by atoms with van der Waals surface area (Å²) in [6.45, 7) is 2.04. The number of methoxy groups -OCH3 is 1. The van der Waals surface area contributed by atoms with Crippen molar-refractivity contribution in [2.45, 2.75) is 19.4 Å². The SMILES string of the molecule is COc1ccc(C)cc1CC(NN)c1cn[nH]c1N. The highest BCUT2D eigenvalue weighted by Crippen LogP contribution is 2.27. The van der Waals surface area contributed by atoms with Crippen molar-refractivity contribution in [3.05, 3.63) is 41.1 Å². The number of nitrogens with two attached hydrogens (primary N) is 2. The maximum Gasteiger partial charge on any atom is 0.123 e. The second-order valence-electron chi connectivity index (χ2n) is 4.48. The number of hydrogen-bond donors (Lipinski definition) is 4. The van der Waals surface area contributed by atoms with Crippen LogP contribution in [0.1, 0.15) is 22.7 Å². The molecule has 0 aliphatic heterocycles. The van der Waals surface area contributed by atoms with Gasteiger partial charge in [-0.25, -0.2) is 0 Å². The van der Waals surface area contributed by atoms with Gasteiger partial charge >= 0.3 is 0 Å². The molecule has 6 N–H and O–H groups in total. The van der Waals surface area contributed by atoms with E-state index in [1.165, 1.54) is 5.56 Å². The lowest BCUT2D eigenvalue weighted by Gasteiger charge is -2.17. The number of aryl methyl sites for hydroxylation is 1. The zero-order chi connectivity index (χ0) is 13.8. The van der Waals surface area contributed by atoms with E-state index in [9.17, 15) is 0 Å². The van der Waals surface area contributed by atoms with Crippen molar-refractivity contribution in [3.8, 4) is 5.75 Å². The zero-order valence-electron chi connectivity index (χ0n) is 11.1. The Hall–Kier alpha value is -2.05. The summed E-state index contributed by atoms with van der Waals surface area (Å²) in [5.74, 6) is 6.99. The zero-order valence-corrected chi connectivity index (χ0v) is 11.1. The van der Waals surface area contributed by atoms with Gasteiger partial charge in [-0.2, -0.15) is 5.10 Å². The number of aromatic nitrogens is 2. The van der Waals surface area contributed by atoms with E-state index in [1.807, 2.05) is 19.1 Å². The number of nitrogens with zero attached hydrogens (tertiary/aromatic N) is 1. The molecule has 102 valence electrons. The molecule has 0 radical (unpaired) electrons. The average Bonchev–Trinajstić information content (AvgIpc) is 2.82. The fourth-order valence-electron chi connectivity index (χ4n) is 2.13. The molecular weight excluding hydrogens is 242 g/mol. The van der Waals surface area contributed by atoms with Gasteiger partial charge in [0.05, 0.1) is 19.3 Å². The third kappa shape index (κ3) is 2.86. The molecule has 1 heterocycles. The molecule has 0 fully saturated rings. The van der Waals surface area contributed by atoms with Crippen LogP contribution in [0, 0.1) is 6.92 Å². The molecule has 0 spiro atoms. The molecule has 0 amide bonds. The summed E-state index contributed by atoms with van der Waals surface area (Å²) in [6, 6.07) is 5.94. The third-order valence-electron chi connectivity index (χ3n) is 3.14. The van der Waals surface area contributed by atoms with Crippen molar-refractivity contribution in [1.82, 2.24) is 15.6 Å². The van der Waals surface area contributed by atoms with Crippen molar-refractivity contribution < 1.29 is 4.74 Å². The molecule has 2 aromatic rings. The van der Waals surface area contributed by atoms with E-state index in [1.54, 1.807) is 13.3 Å². The number of hydrogen-bond acceptors (Lipinski definition) is 5. The van der Waals surface area contributed by atoms with Gasteiger partial charge in [0.15, 0.2) is 0 Å². The normalized spacial score (nSPS) is 12.4. The molecule has 6 heteroatoms. The van der Waals surface area contributed by atoms with Crippen LogP contribution in [-0.2, 0) is 6.42 Å². The first-order valence-electron chi connectivity index (χ1n) is 6.04. The first-order valence-corrected chi connectivity index (χ1v) is 6.04. The monoisotopic (exact) mass is 261 g/mol. The fraction of sp³-hybridized carbons (Fsp3) is 0.308. The average molecular weight is 261 g/mol. The smallest absolute Gasteiger partial charge is 0.123 e. The quantitative estimate of drug-likeness (QED) is 0.476. The van der Waals surface area contributed by atoms with Crippen molar-refractivity contribution in [3.63, 3.8) is 0 Å². The van der Waals surface area contributed by atoms with Crippen LogP contribution in [0.15, 0.2) is 24.4 Å². The van der Waals surface area contributed by atoms with Crippen LogP contribution in [0.2, 0.25) is 0 Å². The molecule has 6 nitrogen and oxygen atoms in total. The van der Waals surface area contributed by atoms with Crippen molar-refractivity contribution in [2.75, 3.05) is 12.8 Å². The number of benzene rings is 1. The van der Waals surface area contributed by atoms with Gasteiger partial charge in [0.2, 0.25) is 0 Å². The highest BCUT2D eigenvalue weighted by atomic mass is 16.5. The highest BCUT2D eigenvalue weighted by molar-refractivity contribution is 5.43. The van der Waals surface area contributed by atoms with E-state index in [-0.39, 0.29) is 6.04 Å². The number of H-pyrrole nitrogens is 1. The van der Waals surface area contributed by atoms with Gasteiger partial charge in [-0.15, -0.1) is 0 Å². The van der Waals surface area contributed by atoms with E-state index in [0.29, 0.717) is 12.2 Å². The lowest BCUT2D eigenvalue weighted by molar-refractivity contribution is 0.405. The largest absolute Gasteiger partial charge is 0.496 e. The van der Waals surface area contributed by atoms with Gasteiger partial charge in [-0.3, -0.25) is 16.4 Å². The van der Waals surface area contributed by atoms with E-state index in [2.05, 4.69) is 21.7 Å². The Balaban J connectivity index is 2.28. The number of anilines is 1. The molecule has 0 aliphatic carbocycles. The number of nitrogens with one attached hydrogen (secondary N) is 2. The van der Waals surface area contributed by atoms with Crippen molar-refractivity contribution >= 4 is 5.82 Å². The number of aromatic amines is 1. The Labute approximate surface area is 112 Å². The molecular formula is C13H19N5O. The lowest BCUT2D eigenvalue weighted by Crippen LogP contribution is -2.30. The summed E-state index contributed by atoms with van der Waals surface area (Å²) >= 11 is 0. The number of nitrogen functional groups attached to an aromatic ring is 1. The summed E-state index contributed by atoms with van der Waals surface area (Å²) in [6.07, 6.45) is 2.35. The van der Waals surface area contributed by atoms with Crippen LogP contribution in [0.3, 0.4) is 0 Å². The highest BCUT2D eigenvalue weighted by Gasteiger charge is 2.17. The number of ether oxygens (including phenoxy) is 1. The standard InChI is InChI=1S/C13H19N5O/c1-8-3-4-12(19-2)9(5-8)6-11(17-15)10-7-16-18-13(10)14/h3-5,7,11,17H,6,15H2,1-2H3,(H3,14,16,18). The molecule has 2 rings (SSSR count). The van der Waals surface area contributed by atoms with Crippen LogP contribution in [0.25, 0.3) is 0 Å². The van der Waals surface area contributed by atoms with Crippen LogP contribution in [0.5, 0.6) is 5.75 Å². The molecule has 19 heavy (non-hydrogen) atoms. The van der Waals surface area contributed by atoms with Gasteiger partial charge in [-0.1, -0.05) is 17.7 Å². The minimum atomic E-state index is -0.116. The Kier molecular flexibility index (Phi) is 4.03. The second-order valence-corrected chi connectivity index (χ2v) is 4.48. The Morgan fingerprint density at radius 1 is 1.47 bits per heavy atom. The fourth-order valence-corrected chi connectivity index (χ4v) is 2.13. The summed E-state index contributed by atoms with van der Waals surface area (Å²) in [5, 5.41) is 6.63. The number of hydrazine groups is 1.